The molecule has 1 fully saturated rings. The lowest BCUT2D eigenvalue weighted by Crippen LogP contribution is -2.30. The molecule has 1 atom stereocenters. The second-order valence-electron chi connectivity index (χ2n) is 6.28. The Hall–Kier alpha value is -2.60. The summed E-state index contributed by atoms with van der Waals surface area (Å²) in [5, 5.41) is 0. The summed E-state index contributed by atoms with van der Waals surface area (Å²) in [5.74, 6) is 2.10. The molecule has 0 aliphatic carbocycles. The Bertz CT molecular complexity index is 911. The van der Waals surface area contributed by atoms with E-state index < -0.39 is 0 Å². The summed E-state index contributed by atoms with van der Waals surface area (Å²) in [4.78, 5) is 19.4. The Balaban J connectivity index is 1.65. The predicted molar refractivity (Wildman–Crippen MR) is 91.2 cm³/mol. The van der Waals surface area contributed by atoms with Gasteiger partial charge in [0.05, 0.1) is 11.6 Å². The number of aryl methyl sites for hydroxylation is 1. The average Bonchev–Trinajstić information content (AvgIpc) is 3.31. The number of carbonyl (C=O) groups is 1. The molecule has 1 aliphatic heterocycles. The number of oxazole rings is 1. The number of methoxy groups -OCH3 is 1. The van der Waals surface area contributed by atoms with Crippen LogP contribution in [0.1, 0.15) is 46.7 Å². The van der Waals surface area contributed by atoms with E-state index in [4.69, 9.17) is 13.6 Å². The summed E-state index contributed by atoms with van der Waals surface area (Å²) in [6, 6.07) is 9.25. The number of likely N-dealkylation sites (tertiary alicyclic amines) is 1. The molecule has 1 saturated heterocycles. The second kappa shape index (κ2) is 6.37. The number of nitrogens with zero attached hydrogens (tertiary/aromatic N) is 2. The summed E-state index contributed by atoms with van der Waals surface area (Å²) < 4.78 is 16.5. The number of fused-ring (bicyclic) bond motifs is 1. The van der Waals surface area contributed by atoms with Gasteiger partial charge in [0.15, 0.2) is 11.5 Å². The molecular weight excluding hydrogens is 320 g/mol. The van der Waals surface area contributed by atoms with Crippen LogP contribution in [0.4, 0.5) is 0 Å². The van der Waals surface area contributed by atoms with Gasteiger partial charge in [0, 0.05) is 20.6 Å². The molecule has 0 N–H and O–H groups in total. The molecule has 0 saturated carbocycles. The zero-order valence-corrected chi connectivity index (χ0v) is 14.3. The molecule has 1 aromatic carbocycles. The van der Waals surface area contributed by atoms with E-state index in [1.165, 1.54) is 0 Å². The van der Waals surface area contributed by atoms with E-state index in [2.05, 4.69) is 4.98 Å². The van der Waals surface area contributed by atoms with Crippen molar-refractivity contribution >= 4 is 17.0 Å². The maximum absolute atomic E-state index is 13.2. The third-order valence-electron chi connectivity index (χ3n) is 4.57. The standard InChI is InChI=1S/C19H20N2O4/c1-12-20-18-14(5-3-7-17(18)24-12)19(22)21-10-4-6-15(21)16-9-8-13(25-16)11-23-2/h3,5,7-9,15H,4,6,10-11H2,1-2H3/t15-/m1/s1. The highest BCUT2D eigenvalue weighted by molar-refractivity contribution is 6.04. The molecule has 1 amide bonds. The van der Waals surface area contributed by atoms with Gasteiger partial charge in [-0.1, -0.05) is 6.07 Å². The van der Waals surface area contributed by atoms with Gasteiger partial charge in [-0.3, -0.25) is 4.79 Å². The van der Waals surface area contributed by atoms with Crippen molar-refractivity contribution in [1.82, 2.24) is 9.88 Å². The molecule has 0 spiro atoms. The fourth-order valence-electron chi connectivity index (χ4n) is 3.49. The molecule has 1 aliphatic rings. The summed E-state index contributed by atoms with van der Waals surface area (Å²) in [7, 11) is 1.63. The molecular formula is C19H20N2O4. The quantitative estimate of drug-likeness (QED) is 0.721. The van der Waals surface area contributed by atoms with Crippen LogP contribution in [0, 0.1) is 6.92 Å². The van der Waals surface area contributed by atoms with Crippen LogP contribution in [0.15, 0.2) is 39.2 Å². The van der Waals surface area contributed by atoms with E-state index >= 15 is 0 Å². The Labute approximate surface area is 145 Å². The van der Waals surface area contributed by atoms with Gasteiger partial charge in [0.25, 0.3) is 5.91 Å². The maximum Gasteiger partial charge on any atom is 0.256 e. The summed E-state index contributed by atoms with van der Waals surface area (Å²) in [5.41, 5.74) is 1.83. The van der Waals surface area contributed by atoms with Gasteiger partial charge >= 0.3 is 0 Å². The van der Waals surface area contributed by atoms with E-state index in [-0.39, 0.29) is 11.9 Å². The Morgan fingerprint density at radius 2 is 2.20 bits per heavy atom. The van der Waals surface area contributed by atoms with Crippen molar-refractivity contribution in [3.05, 3.63) is 53.3 Å². The van der Waals surface area contributed by atoms with Gasteiger partial charge in [0.2, 0.25) is 0 Å². The van der Waals surface area contributed by atoms with Crippen LogP contribution in [0.2, 0.25) is 0 Å². The van der Waals surface area contributed by atoms with E-state index in [9.17, 15) is 4.79 Å². The van der Waals surface area contributed by atoms with Crippen LogP contribution < -0.4 is 0 Å². The molecule has 3 heterocycles. The lowest BCUT2D eigenvalue weighted by molar-refractivity contribution is 0.0717. The van der Waals surface area contributed by atoms with E-state index in [0.29, 0.717) is 35.7 Å². The molecule has 0 unspecified atom stereocenters. The third-order valence-corrected chi connectivity index (χ3v) is 4.57. The predicted octanol–water partition coefficient (Wildman–Crippen LogP) is 3.85. The first-order chi connectivity index (χ1) is 12.2. The number of hydrogen-bond acceptors (Lipinski definition) is 5. The average molecular weight is 340 g/mol. The van der Waals surface area contributed by atoms with Crippen molar-refractivity contribution in [3.63, 3.8) is 0 Å². The number of aromatic nitrogens is 1. The number of hydrogen-bond donors (Lipinski definition) is 0. The number of benzene rings is 1. The van der Waals surface area contributed by atoms with Crippen LogP contribution in [0.5, 0.6) is 0 Å². The summed E-state index contributed by atoms with van der Waals surface area (Å²) >= 11 is 0. The third kappa shape index (κ3) is 2.82. The van der Waals surface area contributed by atoms with E-state index in [1.807, 2.05) is 29.2 Å². The lowest BCUT2D eigenvalue weighted by Gasteiger charge is -2.23. The fraction of sp³-hybridized carbons (Fsp3) is 0.368. The minimum Gasteiger partial charge on any atom is -0.461 e. The van der Waals surface area contributed by atoms with E-state index in [1.54, 1.807) is 20.1 Å². The molecule has 130 valence electrons. The van der Waals surface area contributed by atoms with Gasteiger partial charge in [-0.15, -0.1) is 0 Å². The molecule has 0 bridgehead atoms. The molecule has 0 radical (unpaired) electrons. The Morgan fingerprint density at radius 1 is 1.32 bits per heavy atom. The van der Waals surface area contributed by atoms with Gasteiger partial charge in [0.1, 0.15) is 23.6 Å². The molecule has 3 aromatic rings. The van der Waals surface area contributed by atoms with Crippen molar-refractivity contribution in [2.24, 2.45) is 0 Å². The summed E-state index contributed by atoms with van der Waals surface area (Å²) in [6.45, 7) is 2.92. The lowest BCUT2D eigenvalue weighted by atomic mass is 10.1. The Kier molecular flexibility index (Phi) is 4.05. The minimum absolute atomic E-state index is 0.0360. The van der Waals surface area contributed by atoms with Gasteiger partial charge in [-0.05, 0) is 37.1 Å². The zero-order chi connectivity index (χ0) is 17.4. The SMILES string of the molecule is COCc1ccc([C@H]2CCCN2C(=O)c2cccc3oc(C)nc23)o1. The zero-order valence-electron chi connectivity index (χ0n) is 14.3. The molecule has 2 aromatic heterocycles. The largest absolute Gasteiger partial charge is 0.461 e. The van der Waals surface area contributed by atoms with Crippen molar-refractivity contribution < 1.29 is 18.4 Å². The van der Waals surface area contributed by atoms with Crippen molar-refractivity contribution in [3.8, 4) is 0 Å². The van der Waals surface area contributed by atoms with Crippen LogP contribution >= 0.6 is 0 Å². The number of amides is 1. The number of ether oxygens (including phenoxy) is 1. The highest BCUT2D eigenvalue weighted by Crippen LogP contribution is 2.35. The highest BCUT2D eigenvalue weighted by Gasteiger charge is 2.33. The van der Waals surface area contributed by atoms with E-state index in [0.717, 1.165) is 24.4 Å². The Morgan fingerprint density at radius 3 is 3.04 bits per heavy atom. The molecule has 6 heteroatoms. The molecule has 4 rings (SSSR count). The molecule has 25 heavy (non-hydrogen) atoms. The first-order valence-electron chi connectivity index (χ1n) is 8.42. The fourth-order valence-corrected chi connectivity index (χ4v) is 3.49. The molecule has 6 nitrogen and oxygen atoms in total. The highest BCUT2D eigenvalue weighted by atomic mass is 16.5. The van der Waals surface area contributed by atoms with Gasteiger partial charge < -0.3 is 18.5 Å². The van der Waals surface area contributed by atoms with Gasteiger partial charge in [-0.25, -0.2) is 4.98 Å². The number of para-hydroxylation sites is 1. The van der Waals surface area contributed by atoms with Crippen LogP contribution in [0.25, 0.3) is 11.1 Å². The minimum atomic E-state index is -0.0543. The van der Waals surface area contributed by atoms with Crippen molar-refractivity contribution in [2.45, 2.75) is 32.4 Å². The van der Waals surface area contributed by atoms with Crippen molar-refractivity contribution in [2.75, 3.05) is 13.7 Å². The first-order valence-corrected chi connectivity index (χ1v) is 8.42. The summed E-state index contributed by atoms with van der Waals surface area (Å²) in [6.07, 6.45) is 1.84. The second-order valence-corrected chi connectivity index (χ2v) is 6.28. The smallest absolute Gasteiger partial charge is 0.256 e. The monoisotopic (exact) mass is 340 g/mol. The maximum atomic E-state index is 13.2. The van der Waals surface area contributed by atoms with Crippen LogP contribution in [0.3, 0.4) is 0 Å². The number of furan rings is 1. The van der Waals surface area contributed by atoms with Crippen LogP contribution in [-0.2, 0) is 11.3 Å². The number of carbonyl (C=O) groups excluding carboxylic acids is 1. The van der Waals surface area contributed by atoms with Gasteiger partial charge in [-0.2, -0.15) is 0 Å². The number of rotatable bonds is 4. The van der Waals surface area contributed by atoms with Crippen LogP contribution in [-0.4, -0.2) is 29.4 Å². The van der Waals surface area contributed by atoms with Crippen molar-refractivity contribution in [1.29, 1.82) is 0 Å². The topological polar surface area (TPSA) is 68.7 Å². The first kappa shape index (κ1) is 15.9. The normalized spacial score (nSPS) is 17.5.